The highest BCUT2D eigenvalue weighted by Gasteiger charge is 2.38. The van der Waals surface area contributed by atoms with Crippen molar-refractivity contribution in [2.75, 3.05) is 0 Å². The number of aromatic nitrogens is 4. The molecule has 1 aliphatic carbocycles. The smallest absolute Gasteiger partial charge is 0.140 e. The van der Waals surface area contributed by atoms with Crippen LogP contribution in [-0.4, -0.2) is 19.3 Å². The molecule has 0 saturated carbocycles. The van der Waals surface area contributed by atoms with Crippen molar-refractivity contribution in [3.05, 3.63) is 119 Å². The molecule has 45 heavy (non-hydrogen) atoms. The quantitative estimate of drug-likeness (QED) is 0.186. The highest BCUT2D eigenvalue weighted by Crippen LogP contribution is 2.48. The second-order valence-electron chi connectivity index (χ2n) is 12.8. The average Bonchev–Trinajstić information content (AvgIpc) is 3.52. The molecule has 7 rings (SSSR count). The second-order valence-corrected chi connectivity index (χ2v) is 12.8. The Morgan fingerprint density at radius 3 is 2.29 bits per heavy atom. The van der Waals surface area contributed by atoms with E-state index in [0.717, 1.165) is 33.2 Å². The molecule has 0 bridgehead atoms. The van der Waals surface area contributed by atoms with Gasteiger partial charge in [-0.05, 0) is 81.8 Å². The van der Waals surface area contributed by atoms with E-state index in [-0.39, 0.29) is 5.82 Å². The minimum atomic E-state index is -0.328. The fourth-order valence-electron chi connectivity index (χ4n) is 7.58. The first-order valence-corrected chi connectivity index (χ1v) is 15.8. The minimum Gasteiger partial charge on any atom is -0.457 e. The third-order valence-corrected chi connectivity index (χ3v) is 10.5. The van der Waals surface area contributed by atoms with Crippen molar-refractivity contribution in [3.8, 4) is 23.0 Å². The maximum Gasteiger partial charge on any atom is 0.140 e. The molecular weight excluding hydrogens is 559 g/mol. The summed E-state index contributed by atoms with van der Waals surface area (Å²) in [6, 6.07) is 25.1. The Kier molecular flexibility index (Phi) is 7.11. The van der Waals surface area contributed by atoms with Crippen LogP contribution in [0.15, 0.2) is 96.2 Å². The lowest BCUT2D eigenvalue weighted by atomic mass is 9.64. The number of hydrogen-bond donors (Lipinski definition) is 0. The molecule has 3 aromatic carbocycles. The lowest BCUT2D eigenvalue weighted by Crippen LogP contribution is -2.30. The van der Waals surface area contributed by atoms with Crippen LogP contribution in [0.4, 0.5) is 4.39 Å². The van der Waals surface area contributed by atoms with E-state index in [2.05, 4.69) is 76.3 Å². The number of nitrogens with zero attached hydrogens (tertiary/aromatic N) is 4. The number of ether oxygens (including phenoxy) is 1. The fourth-order valence-corrected chi connectivity index (χ4v) is 7.58. The normalized spacial score (nSPS) is 20.4. The van der Waals surface area contributed by atoms with Gasteiger partial charge in [-0.3, -0.25) is 4.57 Å². The van der Waals surface area contributed by atoms with Crippen LogP contribution in [0.5, 0.6) is 11.5 Å². The van der Waals surface area contributed by atoms with Gasteiger partial charge in [-0.15, -0.1) is 0 Å². The molecule has 3 heterocycles. The van der Waals surface area contributed by atoms with Gasteiger partial charge in [-0.25, -0.2) is 14.1 Å². The third-order valence-electron chi connectivity index (χ3n) is 10.5. The Morgan fingerprint density at radius 2 is 1.49 bits per heavy atom. The van der Waals surface area contributed by atoms with E-state index in [1.807, 2.05) is 53.1 Å². The van der Waals surface area contributed by atoms with Crippen molar-refractivity contribution < 1.29 is 9.13 Å². The Bertz CT molecular complexity index is 2120. The van der Waals surface area contributed by atoms with Crippen LogP contribution in [0.25, 0.3) is 33.3 Å². The lowest BCUT2D eigenvalue weighted by Gasteiger charge is -2.40. The van der Waals surface area contributed by atoms with Gasteiger partial charge in [0.05, 0.1) is 22.4 Å². The van der Waals surface area contributed by atoms with Gasteiger partial charge in [0.2, 0.25) is 0 Å². The van der Waals surface area contributed by atoms with Gasteiger partial charge in [0.15, 0.2) is 0 Å². The van der Waals surface area contributed by atoms with E-state index in [9.17, 15) is 4.39 Å². The number of para-hydroxylation sites is 1. The van der Waals surface area contributed by atoms with Gasteiger partial charge >= 0.3 is 0 Å². The van der Waals surface area contributed by atoms with Gasteiger partial charge < -0.3 is 4.74 Å². The highest BCUT2D eigenvalue weighted by atomic mass is 19.1. The zero-order valence-corrected chi connectivity index (χ0v) is 27.0. The molecule has 228 valence electrons. The number of fused-ring (bicyclic) bond motifs is 3. The van der Waals surface area contributed by atoms with Crippen LogP contribution in [-0.2, 0) is 0 Å². The molecule has 1 aliphatic rings. The Hall–Kier alpha value is -4.71. The predicted octanol–water partition coefficient (Wildman–Crippen LogP) is 10.3. The fraction of sp³-hybridized carbons (Fsp3) is 0.282. The zero-order valence-electron chi connectivity index (χ0n) is 27.0. The van der Waals surface area contributed by atoms with Crippen LogP contribution in [0.1, 0.15) is 57.5 Å². The summed E-state index contributed by atoms with van der Waals surface area (Å²) in [7, 11) is 0. The molecule has 0 fully saturated rings. The van der Waals surface area contributed by atoms with E-state index in [1.165, 1.54) is 40.7 Å². The summed E-state index contributed by atoms with van der Waals surface area (Å²) >= 11 is 0. The van der Waals surface area contributed by atoms with Crippen molar-refractivity contribution in [2.45, 2.75) is 54.4 Å². The van der Waals surface area contributed by atoms with Crippen LogP contribution >= 0.6 is 0 Å². The first-order valence-electron chi connectivity index (χ1n) is 15.8. The summed E-state index contributed by atoms with van der Waals surface area (Å²) in [4.78, 5) is 4.48. The Morgan fingerprint density at radius 1 is 0.733 bits per heavy atom. The summed E-state index contributed by atoms with van der Waals surface area (Å²) in [6.07, 6.45) is 1.50. The lowest BCUT2D eigenvalue weighted by molar-refractivity contribution is 0.256. The molecule has 4 atom stereocenters. The standard InChI is InChI=1S/C39H39FN4O/c1-22-23(2)25(4)38(26(5)24(22)3)39-27(6)42-44(28(39)7)30-11-10-12-31(20-30)45-32-15-16-34-33-13-8-9-14-35(33)43(36(34)21-32)37-19-29(40)17-18-41-37/h8-23,25,38H,1-7H3/t22-,23+,25+,38?/m1/s1. The van der Waals surface area contributed by atoms with Crippen LogP contribution in [0, 0.1) is 37.4 Å². The summed E-state index contributed by atoms with van der Waals surface area (Å²) in [6.45, 7) is 16.1. The number of benzene rings is 3. The predicted molar refractivity (Wildman–Crippen MR) is 180 cm³/mol. The van der Waals surface area contributed by atoms with E-state index >= 15 is 0 Å². The van der Waals surface area contributed by atoms with Crippen LogP contribution < -0.4 is 4.74 Å². The summed E-state index contributed by atoms with van der Waals surface area (Å²) in [5.41, 5.74) is 9.40. The molecule has 3 aromatic heterocycles. The van der Waals surface area contributed by atoms with Crippen molar-refractivity contribution in [2.24, 2.45) is 17.8 Å². The van der Waals surface area contributed by atoms with Gasteiger partial charge in [0.1, 0.15) is 23.1 Å². The topological polar surface area (TPSA) is 44.9 Å². The molecule has 0 saturated heterocycles. The monoisotopic (exact) mass is 598 g/mol. The first kappa shape index (κ1) is 29.0. The van der Waals surface area contributed by atoms with Crippen molar-refractivity contribution in [1.82, 2.24) is 19.3 Å². The molecule has 0 aliphatic heterocycles. The molecular formula is C39H39FN4O. The average molecular weight is 599 g/mol. The highest BCUT2D eigenvalue weighted by molar-refractivity contribution is 6.09. The second kappa shape index (κ2) is 11.0. The van der Waals surface area contributed by atoms with E-state index < -0.39 is 0 Å². The molecule has 5 nitrogen and oxygen atoms in total. The largest absolute Gasteiger partial charge is 0.457 e. The number of allylic oxidation sites excluding steroid dienone is 2. The maximum absolute atomic E-state index is 14.3. The number of hydrogen-bond acceptors (Lipinski definition) is 3. The molecule has 6 heteroatoms. The number of pyridine rings is 1. The molecule has 0 spiro atoms. The molecule has 6 aromatic rings. The van der Waals surface area contributed by atoms with Crippen molar-refractivity contribution in [3.63, 3.8) is 0 Å². The number of aryl methyl sites for hydroxylation is 1. The van der Waals surface area contributed by atoms with Gasteiger partial charge in [0, 0.05) is 52.3 Å². The number of halogens is 1. The minimum absolute atomic E-state index is 0.328. The van der Waals surface area contributed by atoms with E-state index in [0.29, 0.717) is 41.0 Å². The number of rotatable bonds is 5. The molecule has 1 unspecified atom stereocenters. The molecule has 0 radical (unpaired) electrons. The SMILES string of the molecule is CC1=C(C)[C@H](C)[C@H](C)[C@H](C)C1c1c(C)nn(-c2cccc(Oc3ccc4c5ccccc5n(-c5cc(F)ccn5)c4c3)c2)c1C. The zero-order chi connectivity index (χ0) is 31.6. The third kappa shape index (κ3) is 4.75. The van der Waals surface area contributed by atoms with Crippen molar-refractivity contribution >= 4 is 21.8 Å². The van der Waals surface area contributed by atoms with Crippen molar-refractivity contribution in [1.29, 1.82) is 0 Å². The first-order chi connectivity index (χ1) is 21.6. The summed E-state index contributed by atoms with van der Waals surface area (Å²) in [5.74, 6) is 3.67. The molecule has 0 N–H and O–H groups in total. The Balaban J connectivity index is 1.26. The van der Waals surface area contributed by atoms with E-state index in [1.54, 1.807) is 0 Å². The van der Waals surface area contributed by atoms with Gasteiger partial charge in [-0.1, -0.05) is 56.2 Å². The summed E-state index contributed by atoms with van der Waals surface area (Å²) < 4.78 is 24.8. The van der Waals surface area contributed by atoms with E-state index in [4.69, 9.17) is 9.84 Å². The van der Waals surface area contributed by atoms with Crippen LogP contribution in [0.2, 0.25) is 0 Å². The molecule has 0 amide bonds. The van der Waals surface area contributed by atoms with Gasteiger partial charge in [-0.2, -0.15) is 5.10 Å². The van der Waals surface area contributed by atoms with Gasteiger partial charge in [0.25, 0.3) is 0 Å². The summed E-state index contributed by atoms with van der Waals surface area (Å²) in [5, 5.41) is 7.18. The maximum atomic E-state index is 14.3. The Labute approximate surface area is 264 Å². The van der Waals surface area contributed by atoms with Crippen LogP contribution in [0.3, 0.4) is 0 Å².